The number of nitrogens with zero attached hydrogens (tertiary/aromatic N) is 1. The van der Waals surface area contributed by atoms with Gasteiger partial charge in [0.1, 0.15) is 0 Å². The van der Waals surface area contributed by atoms with E-state index in [1.54, 1.807) is 14.2 Å². The molecule has 0 radical (unpaired) electrons. The van der Waals surface area contributed by atoms with Gasteiger partial charge in [0.15, 0.2) is 0 Å². The molecule has 0 aliphatic carbocycles. The van der Waals surface area contributed by atoms with E-state index in [1.807, 2.05) is 0 Å². The first-order valence-corrected chi connectivity index (χ1v) is 7.27. The normalized spacial score (nSPS) is 14.4. The van der Waals surface area contributed by atoms with E-state index in [4.69, 9.17) is 9.47 Å². The highest BCUT2D eigenvalue weighted by atomic mass is 16.5. The minimum Gasteiger partial charge on any atom is -0.383 e. The van der Waals surface area contributed by atoms with Crippen molar-refractivity contribution in [2.24, 2.45) is 5.41 Å². The fraction of sp³-hybridized carbons (Fsp3) is 1.00. The summed E-state index contributed by atoms with van der Waals surface area (Å²) in [6.45, 7) is 15.7. The number of rotatable bonds is 11. The Morgan fingerprint density at radius 2 is 1.74 bits per heavy atom. The number of nitrogens with one attached hydrogen (secondary N) is 1. The van der Waals surface area contributed by atoms with Crippen molar-refractivity contribution in [1.82, 2.24) is 10.2 Å². The Kier molecular flexibility index (Phi) is 9.62. The number of methoxy groups -OCH3 is 2. The third kappa shape index (κ3) is 9.38. The van der Waals surface area contributed by atoms with Gasteiger partial charge in [0, 0.05) is 45.9 Å². The van der Waals surface area contributed by atoms with Crippen LogP contribution in [0.25, 0.3) is 0 Å². The Morgan fingerprint density at radius 1 is 1.11 bits per heavy atom. The van der Waals surface area contributed by atoms with Gasteiger partial charge in [0.05, 0.1) is 13.2 Å². The van der Waals surface area contributed by atoms with Gasteiger partial charge in [-0.25, -0.2) is 0 Å². The van der Waals surface area contributed by atoms with Crippen LogP contribution in [-0.4, -0.2) is 64.1 Å². The van der Waals surface area contributed by atoms with E-state index in [1.165, 1.54) is 0 Å². The molecule has 19 heavy (non-hydrogen) atoms. The van der Waals surface area contributed by atoms with Crippen LogP contribution in [0.5, 0.6) is 0 Å². The van der Waals surface area contributed by atoms with Gasteiger partial charge in [-0.2, -0.15) is 0 Å². The van der Waals surface area contributed by atoms with Gasteiger partial charge < -0.3 is 14.8 Å². The van der Waals surface area contributed by atoms with Crippen LogP contribution in [-0.2, 0) is 9.47 Å². The predicted octanol–water partition coefficient (Wildman–Crippen LogP) is 1.99. The molecule has 0 fully saturated rings. The highest BCUT2D eigenvalue weighted by molar-refractivity contribution is 4.80. The zero-order chi connectivity index (χ0) is 14.9. The zero-order valence-electron chi connectivity index (χ0n) is 14.0. The zero-order valence-corrected chi connectivity index (χ0v) is 14.0. The summed E-state index contributed by atoms with van der Waals surface area (Å²) in [5, 5.41) is 3.53. The van der Waals surface area contributed by atoms with Crippen molar-refractivity contribution < 1.29 is 9.47 Å². The minimum atomic E-state index is 0.236. The molecular formula is C15H34N2O2. The highest BCUT2D eigenvalue weighted by Crippen LogP contribution is 2.18. The fourth-order valence-corrected chi connectivity index (χ4v) is 2.10. The van der Waals surface area contributed by atoms with Crippen molar-refractivity contribution in [3.63, 3.8) is 0 Å². The molecule has 0 spiro atoms. The number of hydrogen-bond acceptors (Lipinski definition) is 4. The Labute approximate surface area is 119 Å². The molecule has 0 aromatic heterocycles. The molecule has 1 N–H and O–H groups in total. The van der Waals surface area contributed by atoms with Crippen molar-refractivity contribution in [2.45, 2.75) is 46.7 Å². The Balaban J connectivity index is 4.41. The first kappa shape index (κ1) is 18.8. The molecule has 1 atom stereocenters. The summed E-state index contributed by atoms with van der Waals surface area (Å²) in [5.74, 6) is 0. The second kappa shape index (κ2) is 9.70. The molecule has 0 saturated heterocycles. The van der Waals surface area contributed by atoms with E-state index in [0.29, 0.717) is 12.1 Å². The van der Waals surface area contributed by atoms with Crippen molar-refractivity contribution in [2.75, 3.05) is 47.1 Å². The Morgan fingerprint density at radius 3 is 2.21 bits per heavy atom. The van der Waals surface area contributed by atoms with Gasteiger partial charge in [-0.15, -0.1) is 0 Å². The third-order valence-electron chi connectivity index (χ3n) is 3.23. The molecule has 0 amide bonds. The van der Waals surface area contributed by atoms with E-state index in [0.717, 1.165) is 32.8 Å². The summed E-state index contributed by atoms with van der Waals surface area (Å²) >= 11 is 0. The Hall–Kier alpha value is -0.160. The fourth-order valence-electron chi connectivity index (χ4n) is 2.10. The largest absolute Gasteiger partial charge is 0.383 e. The molecule has 0 aliphatic heterocycles. The molecule has 4 nitrogen and oxygen atoms in total. The molecule has 116 valence electrons. The molecule has 0 saturated carbocycles. The average Bonchev–Trinajstić information content (AvgIpc) is 2.32. The quantitative estimate of drug-likeness (QED) is 0.625. The summed E-state index contributed by atoms with van der Waals surface area (Å²) in [6.07, 6.45) is 0. The SMILES string of the molecule is COCCN(CC(C)(C)CNC(C)C)C(C)COC. The minimum absolute atomic E-state index is 0.236. The maximum atomic E-state index is 5.28. The van der Waals surface area contributed by atoms with Crippen molar-refractivity contribution in [3.05, 3.63) is 0 Å². The molecule has 0 bridgehead atoms. The summed E-state index contributed by atoms with van der Waals surface area (Å²) in [5.41, 5.74) is 0.236. The first-order valence-electron chi connectivity index (χ1n) is 7.27. The van der Waals surface area contributed by atoms with E-state index in [9.17, 15) is 0 Å². The first-order chi connectivity index (χ1) is 8.82. The summed E-state index contributed by atoms with van der Waals surface area (Å²) in [4.78, 5) is 2.45. The van der Waals surface area contributed by atoms with E-state index < -0.39 is 0 Å². The molecule has 0 heterocycles. The van der Waals surface area contributed by atoms with Crippen LogP contribution >= 0.6 is 0 Å². The highest BCUT2D eigenvalue weighted by Gasteiger charge is 2.24. The monoisotopic (exact) mass is 274 g/mol. The summed E-state index contributed by atoms with van der Waals surface area (Å²) in [6, 6.07) is 0.946. The molecule has 0 aromatic carbocycles. The second-order valence-corrected chi connectivity index (χ2v) is 6.47. The van der Waals surface area contributed by atoms with Gasteiger partial charge in [0.25, 0.3) is 0 Å². The maximum absolute atomic E-state index is 5.28. The predicted molar refractivity (Wildman–Crippen MR) is 81.7 cm³/mol. The van der Waals surface area contributed by atoms with E-state index >= 15 is 0 Å². The van der Waals surface area contributed by atoms with Gasteiger partial charge in [-0.05, 0) is 12.3 Å². The lowest BCUT2D eigenvalue weighted by Gasteiger charge is -2.36. The topological polar surface area (TPSA) is 33.7 Å². The van der Waals surface area contributed by atoms with Gasteiger partial charge in [-0.1, -0.05) is 27.7 Å². The lowest BCUT2D eigenvalue weighted by molar-refractivity contribution is 0.0506. The van der Waals surface area contributed by atoms with Gasteiger partial charge >= 0.3 is 0 Å². The molecule has 4 heteroatoms. The Bertz CT molecular complexity index is 220. The van der Waals surface area contributed by atoms with E-state index in [-0.39, 0.29) is 5.41 Å². The standard InChI is InChI=1S/C15H34N2O2/c1-13(2)16-11-15(4,5)12-17(8-9-18-6)14(3)10-19-7/h13-14,16H,8-12H2,1-7H3. The molecule has 0 rings (SSSR count). The van der Waals surface area contributed by atoms with Crippen molar-refractivity contribution in [1.29, 1.82) is 0 Å². The van der Waals surface area contributed by atoms with Crippen molar-refractivity contribution >= 4 is 0 Å². The van der Waals surface area contributed by atoms with Gasteiger partial charge in [-0.3, -0.25) is 4.90 Å². The molecule has 0 aliphatic rings. The van der Waals surface area contributed by atoms with Crippen LogP contribution < -0.4 is 5.32 Å². The average molecular weight is 274 g/mol. The smallest absolute Gasteiger partial charge is 0.0615 e. The molecule has 0 aromatic rings. The molecular weight excluding hydrogens is 240 g/mol. The molecule has 1 unspecified atom stereocenters. The lowest BCUT2D eigenvalue weighted by atomic mass is 9.91. The summed E-state index contributed by atoms with van der Waals surface area (Å²) in [7, 11) is 3.51. The number of ether oxygens (including phenoxy) is 2. The van der Waals surface area contributed by atoms with Gasteiger partial charge in [0.2, 0.25) is 0 Å². The third-order valence-corrected chi connectivity index (χ3v) is 3.23. The lowest BCUT2D eigenvalue weighted by Crippen LogP contribution is -2.47. The van der Waals surface area contributed by atoms with Crippen LogP contribution in [0.15, 0.2) is 0 Å². The van der Waals surface area contributed by atoms with Crippen LogP contribution in [0.3, 0.4) is 0 Å². The van der Waals surface area contributed by atoms with E-state index in [2.05, 4.69) is 44.8 Å². The summed E-state index contributed by atoms with van der Waals surface area (Å²) < 4.78 is 10.5. The van der Waals surface area contributed by atoms with Crippen LogP contribution in [0.4, 0.5) is 0 Å². The number of hydrogen-bond donors (Lipinski definition) is 1. The van der Waals surface area contributed by atoms with Crippen molar-refractivity contribution in [3.8, 4) is 0 Å². The van der Waals surface area contributed by atoms with Crippen LogP contribution in [0.1, 0.15) is 34.6 Å². The van der Waals surface area contributed by atoms with Crippen LogP contribution in [0.2, 0.25) is 0 Å². The van der Waals surface area contributed by atoms with Crippen LogP contribution in [0, 0.1) is 5.41 Å². The second-order valence-electron chi connectivity index (χ2n) is 6.47. The maximum Gasteiger partial charge on any atom is 0.0615 e.